The topological polar surface area (TPSA) is 52.7 Å². The van der Waals surface area contributed by atoms with Crippen molar-refractivity contribution in [3.8, 4) is 0 Å². The first-order valence-corrected chi connectivity index (χ1v) is 6.91. The number of aromatic nitrogens is 1. The van der Waals surface area contributed by atoms with Crippen LogP contribution in [0.3, 0.4) is 0 Å². The number of nitrogens with zero attached hydrogens (tertiary/aromatic N) is 3. The van der Waals surface area contributed by atoms with Gasteiger partial charge in [0.2, 0.25) is 0 Å². The molecule has 0 radical (unpaired) electrons. The van der Waals surface area contributed by atoms with Crippen LogP contribution in [0.25, 0.3) is 0 Å². The van der Waals surface area contributed by atoms with Gasteiger partial charge >= 0.3 is 0 Å². The molecule has 1 N–H and O–H groups in total. The fraction of sp³-hybridized carbons (Fsp3) is 0.643. The summed E-state index contributed by atoms with van der Waals surface area (Å²) in [5.41, 5.74) is 0.986. The van der Waals surface area contributed by atoms with Crippen molar-refractivity contribution in [2.45, 2.75) is 25.5 Å². The first-order chi connectivity index (χ1) is 9.28. The quantitative estimate of drug-likeness (QED) is 0.749. The van der Waals surface area contributed by atoms with Gasteiger partial charge in [-0.3, -0.25) is 9.80 Å². The van der Waals surface area contributed by atoms with Crippen LogP contribution in [0.1, 0.15) is 18.5 Å². The maximum atomic E-state index is 9.88. The number of allylic oxidation sites excluding steroid dienone is 1. The Hall–Kier alpha value is -1.17. The zero-order chi connectivity index (χ0) is 13.5. The van der Waals surface area contributed by atoms with Crippen LogP contribution in [0.5, 0.6) is 0 Å². The van der Waals surface area contributed by atoms with Gasteiger partial charge in [0.15, 0.2) is 0 Å². The predicted octanol–water partition coefficient (Wildman–Crippen LogP) is 1.12. The molecule has 0 bridgehead atoms. The fourth-order valence-electron chi connectivity index (χ4n) is 2.38. The number of β-amino-alcohol motifs (C(OH)–C–C–N with tert-alkyl or cyclic N) is 1. The van der Waals surface area contributed by atoms with Crippen molar-refractivity contribution in [1.82, 2.24) is 15.0 Å². The number of aliphatic hydroxyl groups is 1. The van der Waals surface area contributed by atoms with E-state index in [9.17, 15) is 5.11 Å². The van der Waals surface area contributed by atoms with Gasteiger partial charge in [-0.2, -0.15) is 0 Å². The van der Waals surface area contributed by atoms with Crippen molar-refractivity contribution in [3.63, 3.8) is 0 Å². The van der Waals surface area contributed by atoms with Gasteiger partial charge in [-0.05, 0) is 12.8 Å². The molecule has 1 fully saturated rings. The minimum absolute atomic E-state index is 0.236. The van der Waals surface area contributed by atoms with Gasteiger partial charge in [0.25, 0.3) is 0 Å². The van der Waals surface area contributed by atoms with Crippen molar-refractivity contribution in [2.75, 3.05) is 32.7 Å². The molecule has 0 amide bonds. The average molecular weight is 265 g/mol. The molecule has 2 rings (SSSR count). The summed E-state index contributed by atoms with van der Waals surface area (Å²) in [6.45, 7) is 9.34. The Morgan fingerprint density at radius 2 is 2.11 bits per heavy atom. The zero-order valence-electron chi connectivity index (χ0n) is 11.4. The smallest absolute Gasteiger partial charge is 0.124 e. The van der Waals surface area contributed by atoms with E-state index in [0.29, 0.717) is 0 Å². The van der Waals surface area contributed by atoms with Gasteiger partial charge in [0.05, 0.1) is 11.8 Å². The van der Waals surface area contributed by atoms with E-state index in [0.717, 1.165) is 57.8 Å². The molecule has 0 aliphatic carbocycles. The van der Waals surface area contributed by atoms with Gasteiger partial charge in [0.1, 0.15) is 6.26 Å². The van der Waals surface area contributed by atoms with Gasteiger partial charge in [-0.25, -0.2) is 0 Å². The van der Waals surface area contributed by atoms with Crippen molar-refractivity contribution < 1.29 is 9.63 Å². The SMILES string of the molecule is C=CCCC(O)CN1CCN(Cc2ccon2)CC1. The average Bonchev–Trinajstić information content (AvgIpc) is 2.91. The lowest BCUT2D eigenvalue weighted by Gasteiger charge is -2.35. The number of aliphatic hydroxyl groups excluding tert-OH is 1. The molecular weight excluding hydrogens is 242 g/mol. The Kier molecular flexibility index (Phi) is 5.57. The second-order valence-corrected chi connectivity index (χ2v) is 5.09. The molecule has 1 unspecified atom stereocenters. The van der Waals surface area contributed by atoms with Crippen LogP contribution in [-0.4, -0.2) is 58.9 Å². The Labute approximate surface area is 114 Å². The molecule has 19 heavy (non-hydrogen) atoms. The zero-order valence-corrected chi connectivity index (χ0v) is 11.4. The van der Waals surface area contributed by atoms with E-state index in [1.54, 1.807) is 6.26 Å². The highest BCUT2D eigenvalue weighted by atomic mass is 16.5. The first-order valence-electron chi connectivity index (χ1n) is 6.91. The number of piperazine rings is 1. The highest BCUT2D eigenvalue weighted by Crippen LogP contribution is 2.08. The minimum Gasteiger partial charge on any atom is -0.392 e. The lowest BCUT2D eigenvalue weighted by molar-refractivity contribution is 0.0662. The minimum atomic E-state index is -0.236. The molecule has 1 aliphatic rings. The molecule has 1 aromatic rings. The normalized spacial score (nSPS) is 19.4. The summed E-state index contributed by atoms with van der Waals surface area (Å²) in [7, 11) is 0. The highest BCUT2D eigenvalue weighted by Gasteiger charge is 2.19. The van der Waals surface area contributed by atoms with Gasteiger partial charge in [-0.1, -0.05) is 11.2 Å². The second-order valence-electron chi connectivity index (χ2n) is 5.09. The Morgan fingerprint density at radius 1 is 1.37 bits per heavy atom. The van der Waals surface area contributed by atoms with Crippen LogP contribution >= 0.6 is 0 Å². The van der Waals surface area contributed by atoms with Crippen LogP contribution in [0.2, 0.25) is 0 Å². The largest absolute Gasteiger partial charge is 0.392 e. The standard InChI is InChI=1S/C14H23N3O2/c1-2-3-4-14(18)12-17-8-6-16(7-9-17)11-13-5-10-19-15-13/h2,5,10,14,18H,1,3-4,6-9,11-12H2. The summed E-state index contributed by atoms with van der Waals surface area (Å²) in [4.78, 5) is 4.69. The van der Waals surface area contributed by atoms with E-state index in [1.807, 2.05) is 12.1 Å². The number of rotatable bonds is 7. The first kappa shape index (κ1) is 14.2. The van der Waals surface area contributed by atoms with Gasteiger partial charge < -0.3 is 9.63 Å². The Morgan fingerprint density at radius 3 is 2.74 bits per heavy atom. The summed E-state index contributed by atoms with van der Waals surface area (Å²) >= 11 is 0. The van der Waals surface area contributed by atoms with Gasteiger partial charge in [-0.15, -0.1) is 6.58 Å². The number of hydrogen-bond acceptors (Lipinski definition) is 5. The van der Waals surface area contributed by atoms with E-state index < -0.39 is 0 Å². The molecule has 2 heterocycles. The Bertz CT molecular complexity index is 359. The van der Waals surface area contributed by atoms with Crippen LogP contribution in [0.15, 0.2) is 29.5 Å². The van der Waals surface area contributed by atoms with E-state index in [2.05, 4.69) is 21.5 Å². The summed E-state index contributed by atoms with van der Waals surface area (Å²) in [5, 5.41) is 13.8. The molecule has 0 aromatic carbocycles. The molecular formula is C14H23N3O2. The van der Waals surface area contributed by atoms with Crippen molar-refractivity contribution >= 4 is 0 Å². The summed E-state index contributed by atoms with van der Waals surface area (Å²) < 4.78 is 4.84. The molecule has 0 saturated carbocycles. The molecule has 5 heteroatoms. The molecule has 106 valence electrons. The van der Waals surface area contributed by atoms with E-state index in [4.69, 9.17) is 4.52 Å². The van der Waals surface area contributed by atoms with Crippen molar-refractivity contribution in [2.24, 2.45) is 0 Å². The third-order valence-corrected chi connectivity index (χ3v) is 3.51. The molecule has 0 spiro atoms. The predicted molar refractivity (Wildman–Crippen MR) is 73.7 cm³/mol. The maximum absolute atomic E-state index is 9.88. The van der Waals surface area contributed by atoms with Crippen molar-refractivity contribution in [3.05, 3.63) is 30.7 Å². The molecule has 1 aliphatic heterocycles. The fourth-order valence-corrected chi connectivity index (χ4v) is 2.38. The molecule has 1 saturated heterocycles. The third kappa shape index (κ3) is 4.78. The summed E-state index contributed by atoms with van der Waals surface area (Å²) in [5.74, 6) is 0. The second kappa shape index (κ2) is 7.43. The molecule has 1 atom stereocenters. The van der Waals surface area contributed by atoms with E-state index in [-0.39, 0.29) is 6.10 Å². The lowest BCUT2D eigenvalue weighted by Crippen LogP contribution is -2.48. The highest BCUT2D eigenvalue weighted by molar-refractivity contribution is 4.95. The van der Waals surface area contributed by atoms with Crippen LogP contribution < -0.4 is 0 Å². The van der Waals surface area contributed by atoms with E-state index >= 15 is 0 Å². The summed E-state index contributed by atoms with van der Waals surface area (Å²) in [6, 6.07) is 1.91. The van der Waals surface area contributed by atoms with Crippen molar-refractivity contribution in [1.29, 1.82) is 0 Å². The maximum Gasteiger partial charge on any atom is 0.124 e. The Balaban J connectivity index is 1.66. The van der Waals surface area contributed by atoms with E-state index in [1.165, 1.54) is 0 Å². The lowest BCUT2D eigenvalue weighted by atomic mass is 10.1. The van der Waals surface area contributed by atoms with Crippen LogP contribution in [0, 0.1) is 0 Å². The third-order valence-electron chi connectivity index (χ3n) is 3.51. The van der Waals surface area contributed by atoms with Crippen LogP contribution in [-0.2, 0) is 6.54 Å². The van der Waals surface area contributed by atoms with Crippen LogP contribution in [0.4, 0.5) is 0 Å². The number of hydrogen-bond donors (Lipinski definition) is 1. The summed E-state index contributed by atoms with van der Waals surface area (Å²) in [6.07, 6.45) is 4.93. The van der Waals surface area contributed by atoms with Gasteiger partial charge in [0, 0.05) is 45.3 Å². The molecule has 5 nitrogen and oxygen atoms in total. The monoisotopic (exact) mass is 265 g/mol. The molecule has 1 aromatic heterocycles.